The maximum Gasteiger partial charge on any atom is 0.333 e. The first-order valence-electron chi connectivity index (χ1n) is 9.07. The summed E-state index contributed by atoms with van der Waals surface area (Å²) in [5.41, 5.74) is 3.43. The fourth-order valence-corrected chi connectivity index (χ4v) is 4.27. The zero-order valence-corrected chi connectivity index (χ0v) is 16.3. The summed E-state index contributed by atoms with van der Waals surface area (Å²) in [7, 11) is 1.78. The summed E-state index contributed by atoms with van der Waals surface area (Å²) in [6.07, 6.45) is -0.182. The van der Waals surface area contributed by atoms with E-state index in [0.717, 1.165) is 18.7 Å². The minimum atomic E-state index is -1.79. The summed E-state index contributed by atoms with van der Waals surface area (Å²) in [4.78, 5) is 19.4. The van der Waals surface area contributed by atoms with Crippen molar-refractivity contribution in [1.29, 1.82) is 0 Å². The Bertz CT molecular complexity index is 716. The molecule has 0 spiro atoms. The molecule has 4 N–H and O–H groups in total. The van der Waals surface area contributed by atoms with Crippen LogP contribution in [0.15, 0.2) is 18.2 Å². The van der Waals surface area contributed by atoms with Crippen molar-refractivity contribution in [2.45, 2.75) is 57.6 Å². The van der Waals surface area contributed by atoms with Crippen LogP contribution in [0.1, 0.15) is 44.7 Å². The number of hydrogen-bond acceptors (Lipinski definition) is 5. The largest absolute Gasteiger partial charge is 0.496 e. The lowest BCUT2D eigenvalue weighted by Gasteiger charge is -2.50. The highest BCUT2D eigenvalue weighted by Gasteiger charge is 2.54. The van der Waals surface area contributed by atoms with E-state index in [0.29, 0.717) is 11.5 Å². The van der Waals surface area contributed by atoms with Gasteiger partial charge in [0.15, 0.2) is 6.10 Å². The fourth-order valence-electron chi connectivity index (χ4n) is 4.27. The molecule has 150 valence electrons. The molecule has 2 aliphatic rings. The smallest absolute Gasteiger partial charge is 0.333 e. The highest BCUT2D eigenvalue weighted by Crippen LogP contribution is 2.54. The van der Waals surface area contributed by atoms with Gasteiger partial charge in [-0.2, -0.15) is 0 Å². The Morgan fingerprint density at radius 3 is 2.48 bits per heavy atom. The number of hydrogen-bond donors (Lipinski definition) is 4. The first-order chi connectivity index (χ1) is 12.5. The number of aliphatic hydroxyl groups excluding tert-OH is 1. The van der Waals surface area contributed by atoms with Crippen molar-refractivity contribution in [2.75, 3.05) is 13.7 Å². The van der Waals surface area contributed by atoms with Crippen molar-refractivity contribution in [3.63, 3.8) is 0 Å². The van der Waals surface area contributed by atoms with Gasteiger partial charge in [0, 0.05) is 6.04 Å². The number of nitrogens with one attached hydrogen (secondary N) is 1. The number of ether oxygens (including phenoxy) is 1. The van der Waals surface area contributed by atoms with E-state index in [9.17, 15) is 9.59 Å². The highest BCUT2D eigenvalue weighted by molar-refractivity contribution is 5.79. The Morgan fingerprint density at radius 2 is 1.96 bits per heavy atom. The van der Waals surface area contributed by atoms with Crippen LogP contribution < -0.4 is 10.1 Å². The number of carbonyl (C=O) groups is 2. The van der Waals surface area contributed by atoms with Crippen LogP contribution in [0, 0.1) is 5.41 Å². The van der Waals surface area contributed by atoms with Crippen LogP contribution in [0.3, 0.4) is 0 Å². The molecule has 1 aliphatic heterocycles. The molecule has 0 aromatic heterocycles. The maximum atomic E-state index is 9.72. The molecule has 1 fully saturated rings. The molecule has 7 heteroatoms. The molecule has 1 saturated heterocycles. The second kappa shape index (κ2) is 7.86. The van der Waals surface area contributed by atoms with Gasteiger partial charge < -0.3 is 25.4 Å². The number of fused-ring (bicyclic) bond motifs is 2. The van der Waals surface area contributed by atoms with Gasteiger partial charge >= 0.3 is 11.9 Å². The first kappa shape index (κ1) is 21.2. The second-order valence-electron chi connectivity index (χ2n) is 7.94. The van der Waals surface area contributed by atoms with Crippen LogP contribution >= 0.6 is 0 Å². The molecule has 0 bridgehead atoms. The standard InChI is InChI=1S/C16H23NO.C4H6O5/c1-15(2)12-6-5-7-13(18-4)11(12)10-14-16(15,3)8-9-17-14;5-2(4(8)9)1-3(6)7/h5-7,14,17H,8-10H2,1-4H3;2,5H,1H2,(H,6,7)(H,8,9)/t14-,16+;/m0./s1. The summed E-state index contributed by atoms with van der Waals surface area (Å²) >= 11 is 0. The quantitative estimate of drug-likeness (QED) is 0.630. The normalized spacial score (nSPS) is 26.0. The van der Waals surface area contributed by atoms with E-state index in [4.69, 9.17) is 20.1 Å². The number of aliphatic hydroxyl groups is 1. The van der Waals surface area contributed by atoms with Crippen LogP contribution in [0.2, 0.25) is 0 Å². The van der Waals surface area contributed by atoms with Crippen molar-refractivity contribution in [1.82, 2.24) is 5.32 Å². The Hall–Kier alpha value is -2.12. The molecule has 0 amide bonds. The molecule has 1 aliphatic carbocycles. The van der Waals surface area contributed by atoms with Crippen molar-refractivity contribution >= 4 is 11.9 Å². The molecule has 0 radical (unpaired) electrons. The van der Waals surface area contributed by atoms with E-state index in [2.05, 4.69) is 44.3 Å². The van der Waals surface area contributed by atoms with Crippen molar-refractivity contribution in [2.24, 2.45) is 5.41 Å². The molecular weight excluding hydrogens is 350 g/mol. The number of methoxy groups -OCH3 is 1. The van der Waals surface area contributed by atoms with Gasteiger partial charge in [0.05, 0.1) is 13.5 Å². The van der Waals surface area contributed by atoms with Crippen molar-refractivity contribution in [3.8, 4) is 5.75 Å². The van der Waals surface area contributed by atoms with Crippen LogP contribution in [0.25, 0.3) is 0 Å². The van der Waals surface area contributed by atoms with Crippen molar-refractivity contribution in [3.05, 3.63) is 29.3 Å². The zero-order chi connectivity index (χ0) is 20.4. The topological polar surface area (TPSA) is 116 Å². The Labute approximate surface area is 159 Å². The monoisotopic (exact) mass is 379 g/mol. The summed E-state index contributed by atoms with van der Waals surface area (Å²) in [5, 5.41) is 27.8. The Balaban J connectivity index is 0.000000249. The van der Waals surface area contributed by atoms with Gasteiger partial charge in [-0.3, -0.25) is 4.79 Å². The van der Waals surface area contributed by atoms with Gasteiger partial charge in [0.2, 0.25) is 0 Å². The second-order valence-corrected chi connectivity index (χ2v) is 7.94. The van der Waals surface area contributed by atoms with Crippen LogP contribution in [-0.4, -0.2) is 53.1 Å². The van der Waals surface area contributed by atoms with E-state index < -0.39 is 24.5 Å². The van der Waals surface area contributed by atoms with Crippen molar-refractivity contribution < 1.29 is 29.6 Å². The SMILES string of the molecule is COc1cccc2c1C[C@@H]1NCC[C@@]1(C)C2(C)C.O=C(O)CC(O)C(=O)O. The lowest BCUT2D eigenvalue weighted by molar-refractivity contribution is -0.152. The van der Waals surface area contributed by atoms with Crippen LogP contribution in [-0.2, 0) is 21.4 Å². The average molecular weight is 379 g/mol. The molecule has 7 nitrogen and oxygen atoms in total. The summed E-state index contributed by atoms with van der Waals surface area (Å²) in [6, 6.07) is 7.09. The number of benzene rings is 1. The van der Waals surface area contributed by atoms with Gasteiger partial charge in [-0.25, -0.2) is 4.79 Å². The lowest BCUT2D eigenvalue weighted by Crippen LogP contribution is -2.52. The molecular formula is C20H29NO6. The lowest BCUT2D eigenvalue weighted by atomic mass is 9.54. The van der Waals surface area contributed by atoms with Crippen LogP contribution in [0.5, 0.6) is 5.75 Å². The maximum absolute atomic E-state index is 9.72. The van der Waals surface area contributed by atoms with E-state index in [1.165, 1.54) is 17.5 Å². The van der Waals surface area contributed by atoms with Gasteiger partial charge in [0.1, 0.15) is 5.75 Å². The summed E-state index contributed by atoms with van der Waals surface area (Å²) < 4.78 is 5.56. The van der Waals surface area contributed by atoms with Crippen LogP contribution in [0.4, 0.5) is 0 Å². The molecule has 3 rings (SSSR count). The Morgan fingerprint density at radius 1 is 1.30 bits per heavy atom. The fraction of sp³-hybridized carbons (Fsp3) is 0.600. The van der Waals surface area contributed by atoms with E-state index >= 15 is 0 Å². The van der Waals surface area contributed by atoms with Gasteiger partial charge in [-0.1, -0.05) is 32.9 Å². The summed E-state index contributed by atoms with van der Waals surface area (Å²) in [6.45, 7) is 8.37. The predicted molar refractivity (Wildman–Crippen MR) is 100 cm³/mol. The molecule has 27 heavy (non-hydrogen) atoms. The number of aliphatic carboxylic acids is 2. The molecule has 1 aromatic carbocycles. The third-order valence-electron chi connectivity index (χ3n) is 6.32. The number of carboxylic acid groups (broad SMARTS) is 2. The summed E-state index contributed by atoms with van der Waals surface area (Å²) in [5.74, 6) is -1.79. The zero-order valence-electron chi connectivity index (χ0n) is 16.3. The van der Waals surface area contributed by atoms with Gasteiger partial charge in [-0.15, -0.1) is 0 Å². The average Bonchev–Trinajstić information content (AvgIpc) is 2.97. The number of rotatable bonds is 4. The predicted octanol–water partition coefficient (Wildman–Crippen LogP) is 1.80. The minimum Gasteiger partial charge on any atom is -0.496 e. The van der Waals surface area contributed by atoms with E-state index in [-0.39, 0.29) is 5.41 Å². The highest BCUT2D eigenvalue weighted by atomic mass is 16.5. The molecule has 1 heterocycles. The minimum absolute atomic E-state index is 0.198. The molecule has 1 aromatic rings. The first-order valence-corrected chi connectivity index (χ1v) is 9.07. The molecule has 1 unspecified atom stereocenters. The Kier molecular flexibility index (Phi) is 6.17. The number of carboxylic acids is 2. The van der Waals surface area contributed by atoms with E-state index in [1.807, 2.05) is 0 Å². The third kappa shape index (κ3) is 3.94. The van der Waals surface area contributed by atoms with E-state index in [1.54, 1.807) is 7.11 Å². The molecule has 0 saturated carbocycles. The van der Waals surface area contributed by atoms with Gasteiger partial charge in [-0.05, 0) is 47.4 Å². The molecule has 3 atom stereocenters. The van der Waals surface area contributed by atoms with Gasteiger partial charge in [0.25, 0.3) is 0 Å². The third-order valence-corrected chi connectivity index (χ3v) is 6.32.